The number of nitrogens with two attached hydrogens (primary N) is 2. The molecule has 0 atom stereocenters. The van der Waals surface area contributed by atoms with E-state index in [1.165, 1.54) is 31.3 Å². The Hall–Kier alpha value is -3.14. The Kier molecular flexibility index (Phi) is 4.76. The fourth-order valence-corrected chi connectivity index (χ4v) is 3.10. The van der Waals surface area contributed by atoms with Crippen LogP contribution in [0.15, 0.2) is 40.5 Å². The lowest BCUT2D eigenvalue weighted by atomic mass is 10.2. The Morgan fingerprint density at radius 3 is 2.81 bits per heavy atom. The molecule has 0 aliphatic heterocycles. The molecular formula is C16H14F2N6OS. The summed E-state index contributed by atoms with van der Waals surface area (Å²) in [4.78, 5) is 8.67. The monoisotopic (exact) mass is 376 g/mol. The van der Waals surface area contributed by atoms with Gasteiger partial charge in [-0.15, -0.1) is 0 Å². The molecule has 0 spiro atoms. The molecule has 0 unspecified atom stereocenters. The third-order valence-electron chi connectivity index (χ3n) is 3.56. The van der Waals surface area contributed by atoms with E-state index in [-0.39, 0.29) is 5.56 Å². The molecule has 0 saturated heterocycles. The average Bonchev–Trinajstić information content (AvgIpc) is 3.04. The van der Waals surface area contributed by atoms with Crippen LogP contribution in [0.2, 0.25) is 0 Å². The number of fused-ring (bicyclic) bond motifs is 1. The molecule has 3 rings (SSSR count). The minimum atomic E-state index is -0.905. The number of methoxy groups -OCH3 is 1. The van der Waals surface area contributed by atoms with E-state index >= 15 is 0 Å². The number of hydrogen-bond acceptors (Lipinski definition) is 7. The summed E-state index contributed by atoms with van der Waals surface area (Å²) in [5.74, 6) is -1.74. The molecular weight excluding hydrogens is 362 g/mol. The lowest BCUT2D eigenvalue weighted by Gasteiger charge is -2.11. The number of pyridine rings is 2. The number of nitrogens with one attached hydrogen (secondary N) is 1. The zero-order valence-electron chi connectivity index (χ0n) is 13.5. The number of allylic oxidation sites excluding steroid dienone is 1. The summed E-state index contributed by atoms with van der Waals surface area (Å²) in [7, 11) is 1.49. The first kappa shape index (κ1) is 17.7. The molecule has 3 aromatic rings. The maximum atomic E-state index is 14.2. The van der Waals surface area contributed by atoms with Gasteiger partial charge < -0.3 is 21.6 Å². The van der Waals surface area contributed by atoms with Crippen LogP contribution < -0.4 is 16.2 Å². The topological polar surface area (TPSA) is 115 Å². The van der Waals surface area contributed by atoms with Crippen molar-refractivity contribution in [3.63, 3.8) is 0 Å². The lowest BCUT2D eigenvalue weighted by molar-refractivity contribution is 0.404. The number of halogens is 2. The molecule has 0 aliphatic rings. The SMILES string of the molecule is COc1cc2ncc(-c3cc(F)c(N)nc3F)n2cc1S/C(C=N)=C/N. The van der Waals surface area contributed by atoms with Crippen molar-refractivity contribution in [1.82, 2.24) is 14.4 Å². The van der Waals surface area contributed by atoms with Gasteiger partial charge in [0.25, 0.3) is 0 Å². The van der Waals surface area contributed by atoms with Crippen LogP contribution in [0.1, 0.15) is 0 Å². The summed E-state index contributed by atoms with van der Waals surface area (Å²) in [5, 5.41) is 7.35. The van der Waals surface area contributed by atoms with Gasteiger partial charge >= 0.3 is 0 Å². The van der Waals surface area contributed by atoms with Crippen molar-refractivity contribution in [1.29, 1.82) is 5.41 Å². The Morgan fingerprint density at radius 2 is 2.15 bits per heavy atom. The van der Waals surface area contributed by atoms with Gasteiger partial charge in [0, 0.05) is 29.6 Å². The summed E-state index contributed by atoms with van der Waals surface area (Å²) in [6.45, 7) is 0. The smallest absolute Gasteiger partial charge is 0.224 e. The highest BCUT2D eigenvalue weighted by Gasteiger charge is 2.17. The number of nitrogen functional groups attached to an aromatic ring is 1. The molecule has 0 radical (unpaired) electrons. The van der Waals surface area contributed by atoms with Crippen LogP contribution in [0.5, 0.6) is 5.75 Å². The van der Waals surface area contributed by atoms with Crippen LogP contribution >= 0.6 is 11.8 Å². The number of nitrogens with zero attached hydrogens (tertiary/aromatic N) is 3. The quantitative estimate of drug-likeness (QED) is 0.358. The van der Waals surface area contributed by atoms with Crippen LogP contribution in [0.25, 0.3) is 16.9 Å². The van der Waals surface area contributed by atoms with Crippen LogP contribution in [0.4, 0.5) is 14.6 Å². The fourth-order valence-electron chi connectivity index (χ4n) is 2.32. The van der Waals surface area contributed by atoms with E-state index in [0.29, 0.717) is 26.9 Å². The van der Waals surface area contributed by atoms with E-state index in [0.717, 1.165) is 12.3 Å². The number of aromatic nitrogens is 3. The van der Waals surface area contributed by atoms with Crippen LogP contribution in [-0.4, -0.2) is 27.7 Å². The number of anilines is 1. The Balaban J connectivity index is 2.20. The van der Waals surface area contributed by atoms with Crippen molar-refractivity contribution in [3.05, 3.63) is 47.4 Å². The summed E-state index contributed by atoms with van der Waals surface area (Å²) in [6.07, 6.45) is 5.42. The van der Waals surface area contributed by atoms with Crippen LogP contribution in [0.3, 0.4) is 0 Å². The molecule has 0 saturated carbocycles. The Morgan fingerprint density at radius 1 is 1.38 bits per heavy atom. The zero-order chi connectivity index (χ0) is 18.8. The largest absolute Gasteiger partial charge is 0.495 e. The highest BCUT2D eigenvalue weighted by Crippen LogP contribution is 2.36. The van der Waals surface area contributed by atoms with Crippen molar-refractivity contribution in [2.75, 3.05) is 12.8 Å². The normalized spacial score (nSPS) is 11.7. The van der Waals surface area contributed by atoms with Crippen molar-refractivity contribution in [2.24, 2.45) is 5.73 Å². The molecule has 26 heavy (non-hydrogen) atoms. The van der Waals surface area contributed by atoms with Crippen molar-refractivity contribution in [3.8, 4) is 17.0 Å². The van der Waals surface area contributed by atoms with Gasteiger partial charge in [0.05, 0.1) is 29.5 Å². The van der Waals surface area contributed by atoms with Crippen molar-refractivity contribution < 1.29 is 13.5 Å². The maximum Gasteiger partial charge on any atom is 0.224 e. The Labute approximate surface area is 151 Å². The van der Waals surface area contributed by atoms with Crippen molar-refractivity contribution in [2.45, 2.75) is 4.90 Å². The Bertz CT molecular complexity index is 1030. The van der Waals surface area contributed by atoms with Gasteiger partial charge in [-0.1, -0.05) is 11.8 Å². The third kappa shape index (κ3) is 3.06. The van der Waals surface area contributed by atoms with E-state index in [1.54, 1.807) is 16.7 Å². The number of thioether (sulfide) groups is 1. The first-order valence-corrected chi connectivity index (χ1v) is 8.07. The van der Waals surface area contributed by atoms with Crippen molar-refractivity contribution >= 4 is 29.4 Å². The predicted octanol–water partition coefficient (Wildman–Crippen LogP) is 2.81. The molecule has 0 fully saturated rings. The second-order valence-electron chi connectivity index (χ2n) is 5.09. The minimum absolute atomic E-state index is 0.0769. The van der Waals surface area contributed by atoms with E-state index in [2.05, 4.69) is 9.97 Å². The fraction of sp³-hybridized carbons (Fsp3) is 0.0625. The van der Waals surface area contributed by atoms with Gasteiger partial charge in [-0.3, -0.25) is 4.40 Å². The van der Waals surface area contributed by atoms with E-state index in [4.69, 9.17) is 21.6 Å². The average molecular weight is 376 g/mol. The van der Waals surface area contributed by atoms with Gasteiger partial charge in [0.2, 0.25) is 5.95 Å². The minimum Gasteiger partial charge on any atom is -0.495 e. The number of rotatable bonds is 5. The van der Waals surface area contributed by atoms with Crippen LogP contribution in [-0.2, 0) is 0 Å². The van der Waals surface area contributed by atoms with Crippen LogP contribution in [0, 0.1) is 17.2 Å². The third-order valence-corrected chi connectivity index (χ3v) is 4.58. The molecule has 134 valence electrons. The van der Waals surface area contributed by atoms with Gasteiger partial charge in [0.1, 0.15) is 11.4 Å². The molecule has 3 heterocycles. The molecule has 3 aromatic heterocycles. The first-order chi connectivity index (χ1) is 12.5. The van der Waals surface area contributed by atoms with E-state index in [1.807, 2.05) is 0 Å². The molecule has 0 amide bonds. The number of ether oxygens (including phenoxy) is 1. The summed E-state index contributed by atoms with van der Waals surface area (Å²) in [6, 6.07) is 2.61. The number of imidazole rings is 1. The molecule has 7 nitrogen and oxygen atoms in total. The molecule has 0 aromatic carbocycles. The molecule has 0 bridgehead atoms. The summed E-state index contributed by atoms with van der Waals surface area (Å²) >= 11 is 1.19. The van der Waals surface area contributed by atoms with E-state index < -0.39 is 17.6 Å². The predicted molar refractivity (Wildman–Crippen MR) is 96.2 cm³/mol. The number of hydrogen-bond donors (Lipinski definition) is 3. The second-order valence-corrected chi connectivity index (χ2v) is 6.20. The maximum absolute atomic E-state index is 14.2. The molecule has 0 aliphatic carbocycles. The van der Waals surface area contributed by atoms with E-state index in [9.17, 15) is 8.78 Å². The highest BCUT2D eigenvalue weighted by atomic mass is 32.2. The molecule has 10 heteroatoms. The second kappa shape index (κ2) is 7.00. The van der Waals surface area contributed by atoms with Gasteiger partial charge in [0.15, 0.2) is 11.6 Å². The first-order valence-electron chi connectivity index (χ1n) is 7.25. The van der Waals surface area contributed by atoms with Gasteiger partial charge in [-0.25, -0.2) is 9.37 Å². The highest BCUT2D eigenvalue weighted by molar-refractivity contribution is 8.04. The zero-order valence-corrected chi connectivity index (χ0v) is 14.3. The van der Waals surface area contributed by atoms with Gasteiger partial charge in [-0.2, -0.15) is 9.37 Å². The van der Waals surface area contributed by atoms with Gasteiger partial charge in [-0.05, 0) is 6.07 Å². The lowest BCUT2D eigenvalue weighted by Crippen LogP contribution is -2.01. The standard InChI is InChI=1S/C16H14F2N6OS/c1-25-12-3-14-22-6-11(9-2-10(17)16(21)23-15(9)18)24(14)7-13(12)26-8(4-19)5-20/h2-7,19H,20H2,1H3,(H2,21,23)/b8-5+,19-4?. The summed E-state index contributed by atoms with van der Waals surface area (Å²) < 4.78 is 34.9. The molecule has 5 N–H and O–H groups in total. The summed E-state index contributed by atoms with van der Waals surface area (Å²) in [5.41, 5.74) is 11.5.